The number of nitrogens with one attached hydrogen (secondary N) is 1. The van der Waals surface area contributed by atoms with Gasteiger partial charge < -0.3 is 10.1 Å². The summed E-state index contributed by atoms with van der Waals surface area (Å²) in [7, 11) is 0. The average Bonchev–Trinajstić information content (AvgIpc) is 2.99. The van der Waals surface area contributed by atoms with E-state index >= 15 is 0 Å². The van der Waals surface area contributed by atoms with Crippen LogP contribution >= 0.6 is 11.3 Å². The fourth-order valence-corrected chi connectivity index (χ4v) is 2.89. The molecular weight excluding hydrogens is 292 g/mol. The molecule has 1 aromatic heterocycles. The van der Waals surface area contributed by atoms with Crippen molar-refractivity contribution in [1.82, 2.24) is 10.3 Å². The summed E-state index contributed by atoms with van der Waals surface area (Å²) in [5.41, 5.74) is 2.22. The van der Waals surface area contributed by atoms with Gasteiger partial charge in [0.05, 0.1) is 17.3 Å². The number of ether oxygens (including phenoxy) is 1. The van der Waals surface area contributed by atoms with Crippen LogP contribution in [0.15, 0.2) is 29.6 Å². The second-order valence-electron chi connectivity index (χ2n) is 5.85. The molecular formula is C18H26N2OS. The van der Waals surface area contributed by atoms with Crippen molar-refractivity contribution < 1.29 is 4.74 Å². The Morgan fingerprint density at radius 2 is 2.00 bits per heavy atom. The number of benzene rings is 1. The van der Waals surface area contributed by atoms with Gasteiger partial charge in [-0.15, -0.1) is 11.3 Å². The van der Waals surface area contributed by atoms with Gasteiger partial charge in [-0.05, 0) is 43.1 Å². The highest BCUT2D eigenvalue weighted by atomic mass is 32.1. The number of hydrogen-bond donors (Lipinski definition) is 1. The molecule has 22 heavy (non-hydrogen) atoms. The molecule has 0 aliphatic carbocycles. The summed E-state index contributed by atoms with van der Waals surface area (Å²) < 4.78 is 5.61. The average molecular weight is 318 g/mol. The minimum atomic E-state index is 0.695. The van der Waals surface area contributed by atoms with Crippen molar-refractivity contribution in [2.75, 3.05) is 19.7 Å². The van der Waals surface area contributed by atoms with Crippen molar-refractivity contribution in [3.05, 3.63) is 34.7 Å². The second-order valence-corrected chi connectivity index (χ2v) is 6.79. The van der Waals surface area contributed by atoms with Crippen molar-refractivity contribution in [2.45, 2.75) is 33.6 Å². The zero-order valence-corrected chi connectivity index (χ0v) is 14.6. The molecule has 0 bridgehead atoms. The van der Waals surface area contributed by atoms with E-state index in [-0.39, 0.29) is 0 Å². The van der Waals surface area contributed by atoms with E-state index in [0.29, 0.717) is 5.92 Å². The van der Waals surface area contributed by atoms with E-state index in [0.717, 1.165) is 49.5 Å². The molecule has 0 radical (unpaired) electrons. The normalized spacial score (nSPS) is 11.1. The van der Waals surface area contributed by atoms with Crippen LogP contribution in [0.1, 0.15) is 32.2 Å². The third-order valence-electron chi connectivity index (χ3n) is 3.24. The van der Waals surface area contributed by atoms with Crippen LogP contribution in [0.2, 0.25) is 0 Å². The molecule has 3 nitrogen and oxygen atoms in total. The first-order valence-electron chi connectivity index (χ1n) is 8.07. The Morgan fingerprint density at radius 3 is 2.68 bits per heavy atom. The number of hydrogen-bond acceptors (Lipinski definition) is 4. The van der Waals surface area contributed by atoms with Crippen molar-refractivity contribution in [3.63, 3.8) is 0 Å². The number of aromatic nitrogens is 1. The maximum absolute atomic E-state index is 5.61. The molecule has 0 spiro atoms. The van der Waals surface area contributed by atoms with Gasteiger partial charge in [0.25, 0.3) is 0 Å². The van der Waals surface area contributed by atoms with E-state index in [2.05, 4.69) is 43.6 Å². The van der Waals surface area contributed by atoms with Crippen LogP contribution in [0.3, 0.4) is 0 Å². The van der Waals surface area contributed by atoms with Crippen LogP contribution in [-0.2, 0) is 6.42 Å². The summed E-state index contributed by atoms with van der Waals surface area (Å²) in [6, 6.07) is 8.21. The molecule has 0 aliphatic rings. The molecule has 4 heteroatoms. The summed E-state index contributed by atoms with van der Waals surface area (Å²) in [5, 5.41) is 6.79. The molecule has 1 heterocycles. The summed E-state index contributed by atoms with van der Waals surface area (Å²) in [6.45, 7) is 9.39. The van der Waals surface area contributed by atoms with E-state index in [4.69, 9.17) is 9.72 Å². The Labute approximate surface area is 137 Å². The lowest BCUT2D eigenvalue weighted by molar-refractivity contribution is 0.317. The Hall–Kier alpha value is -1.39. The SMILES string of the molecule is CCCOc1ccc(-c2csc(CCNCC(C)C)n2)cc1. The first kappa shape index (κ1) is 17.0. The monoisotopic (exact) mass is 318 g/mol. The van der Waals surface area contributed by atoms with Gasteiger partial charge in [0.2, 0.25) is 0 Å². The van der Waals surface area contributed by atoms with Crippen LogP contribution in [0.4, 0.5) is 0 Å². The second kappa shape index (κ2) is 8.91. The molecule has 0 aliphatic heterocycles. The van der Waals surface area contributed by atoms with Gasteiger partial charge in [0.15, 0.2) is 0 Å². The highest BCUT2D eigenvalue weighted by Crippen LogP contribution is 2.24. The lowest BCUT2D eigenvalue weighted by Gasteiger charge is -2.05. The lowest BCUT2D eigenvalue weighted by atomic mass is 10.2. The largest absolute Gasteiger partial charge is 0.494 e. The fourth-order valence-electron chi connectivity index (χ4n) is 2.09. The molecule has 0 atom stereocenters. The van der Waals surface area contributed by atoms with Gasteiger partial charge >= 0.3 is 0 Å². The molecule has 0 saturated carbocycles. The third kappa shape index (κ3) is 5.43. The number of nitrogens with zero attached hydrogens (tertiary/aromatic N) is 1. The van der Waals surface area contributed by atoms with Crippen LogP contribution in [0.5, 0.6) is 5.75 Å². The van der Waals surface area contributed by atoms with Crippen LogP contribution in [0, 0.1) is 5.92 Å². The van der Waals surface area contributed by atoms with E-state index in [1.807, 2.05) is 12.1 Å². The molecule has 0 fully saturated rings. The molecule has 0 saturated heterocycles. The minimum Gasteiger partial charge on any atom is -0.494 e. The molecule has 1 N–H and O–H groups in total. The zero-order valence-electron chi connectivity index (χ0n) is 13.8. The highest BCUT2D eigenvalue weighted by molar-refractivity contribution is 7.09. The molecule has 0 unspecified atom stereocenters. The van der Waals surface area contributed by atoms with Crippen molar-refractivity contribution in [2.24, 2.45) is 5.92 Å². The summed E-state index contributed by atoms with van der Waals surface area (Å²) in [6.07, 6.45) is 2.02. The van der Waals surface area contributed by atoms with E-state index in [1.165, 1.54) is 5.01 Å². The maximum Gasteiger partial charge on any atom is 0.119 e. The summed E-state index contributed by atoms with van der Waals surface area (Å²) in [4.78, 5) is 4.73. The number of rotatable bonds is 9. The van der Waals surface area contributed by atoms with Gasteiger partial charge in [-0.2, -0.15) is 0 Å². The highest BCUT2D eigenvalue weighted by Gasteiger charge is 2.05. The Balaban J connectivity index is 1.87. The van der Waals surface area contributed by atoms with Gasteiger partial charge in [-0.3, -0.25) is 0 Å². The van der Waals surface area contributed by atoms with Gasteiger partial charge in [0, 0.05) is 23.9 Å². The quantitative estimate of drug-likeness (QED) is 0.696. The van der Waals surface area contributed by atoms with E-state index in [1.54, 1.807) is 11.3 Å². The van der Waals surface area contributed by atoms with Gasteiger partial charge in [-0.25, -0.2) is 4.98 Å². The zero-order chi connectivity index (χ0) is 15.8. The van der Waals surface area contributed by atoms with Crippen molar-refractivity contribution >= 4 is 11.3 Å². The van der Waals surface area contributed by atoms with Gasteiger partial charge in [0.1, 0.15) is 5.75 Å². The minimum absolute atomic E-state index is 0.695. The summed E-state index contributed by atoms with van der Waals surface area (Å²) in [5.74, 6) is 1.62. The topological polar surface area (TPSA) is 34.1 Å². The first-order chi connectivity index (χ1) is 10.7. The fraction of sp³-hybridized carbons (Fsp3) is 0.500. The Kier molecular flexibility index (Phi) is 6.87. The smallest absolute Gasteiger partial charge is 0.119 e. The van der Waals surface area contributed by atoms with Crippen molar-refractivity contribution in [1.29, 1.82) is 0 Å². The van der Waals surface area contributed by atoms with Gasteiger partial charge in [-0.1, -0.05) is 20.8 Å². The van der Waals surface area contributed by atoms with E-state index < -0.39 is 0 Å². The van der Waals surface area contributed by atoms with E-state index in [9.17, 15) is 0 Å². The molecule has 0 amide bonds. The predicted molar refractivity (Wildman–Crippen MR) is 94.7 cm³/mol. The Morgan fingerprint density at radius 1 is 1.23 bits per heavy atom. The first-order valence-corrected chi connectivity index (χ1v) is 8.95. The van der Waals surface area contributed by atoms with Crippen LogP contribution in [-0.4, -0.2) is 24.7 Å². The summed E-state index contributed by atoms with van der Waals surface area (Å²) >= 11 is 1.74. The molecule has 1 aromatic carbocycles. The van der Waals surface area contributed by atoms with Crippen LogP contribution in [0.25, 0.3) is 11.3 Å². The number of thiazole rings is 1. The van der Waals surface area contributed by atoms with Crippen LogP contribution < -0.4 is 10.1 Å². The molecule has 2 aromatic rings. The Bertz CT molecular complexity index is 548. The molecule has 2 rings (SSSR count). The van der Waals surface area contributed by atoms with Crippen molar-refractivity contribution in [3.8, 4) is 17.0 Å². The maximum atomic E-state index is 5.61. The third-order valence-corrected chi connectivity index (χ3v) is 4.15. The standard InChI is InChI=1S/C18H26N2OS/c1-4-11-21-16-7-5-15(6-8-16)17-13-22-18(20-17)9-10-19-12-14(2)3/h5-8,13-14,19H,4,9-12H2,1-3H3. The predicted octanol–water partition coefficient (Wildman–Crippen LogP) is 4.39. The molecule has 120 valence electrons. The lowest BCUT2D eigenvalue weighted by Crippen LogP contribution is -2.22.